The van der Waals surface area contributed by atoms with Crippen LogP contribution in [0.5, 0.6) is 0 Å². The number of benzene rings is 1. The zero-order chi connectivity index (χ0) is 18.1. The summed E-state index contributed by atoms with van der Waals surface area (Å²) >= 11 is 0. The van der Waals surface area contributed by atoms with Crippen LogP contribution in [0.25, 0.3) is 0 Å². The smallest absolute Gasteiger partial charge is 0.191 e. The minimum absolute atomic E-state index is 0. The topological polar surface area (TPSA) is 54.2 Å². The van der Waals surface area contributed by atoms with Crippen molar-refractivity contribution in [3.63, 3.8) is 0 Å². The van der Waals surface area contributed by atoms with Crippen LogP contribution in [0.3, 0.4) is 0 Å². The van der Waals surface area contributed by atoms with E-state index in [0.717, 1.165) is 38.4 Å². The van der Waals surface area contributed by atoms with Gasteiger partial charge in [-0.05, 0) is 37.8 Å². The van der Waals surface area contributed by atoms with Crippen molar-refractivity contribution in [2.75, 3.05) is 19.6 Å². The van der Waals surface area contributed by atoms with Crippen LogP contribution in [-0.4, -0.2) is 35.4 Å². The van der Waals surface area contributed by atoms with E-state index >= 15 is 0 Å². The molecule has 144 valence electrons. The lowest BCUT2D eigenvalue weighted by Crippen LogP contribution is -2.38. The van der Waals surface area contributed by atoms with Gasteiger partial charge in [-0.3, -0.25) is 9.67 Å². The number of aromatic nitrogens is 2. The van der Waals surface area contributed by atoms with Gasteiger partial charge in [0.15, 0.2) is 5.96 Å². The van der Waals surface area contributed by atoms with E-state index in [2.05, 4.69) is 67.0 Å². The van der Waals surface area contributed by atoms with Gasteiger partial charge in [0.25, 0.3) is 0 Å². The van der Waals surface area contributed by atoms with Crippen molar-refractivity contribution in [3.05, 3.63) is 53.3 Å². The molecule has 0 aliphatic heterocycles. The van der Waals surface area contributed by atoms with Crippen LogP contribution in [-0.2, 0) is 13.5 Å². The second kappa shape index (κ2) is 11.9. The zero-order valence-electron chi connectivity index (χ0n) is 16.3. The van der Waals surface area contributed by atoms with Gasteiger partial charge in [0.2, 0.25) is 0 Å². The van der Waals surface area contributed by atoms with Gasteiger partial charge < -0.3 is 10.6 Å². The molecule has 1 unspecified atom stereocenters. The first-order chi connectivity index (χ1) is 12.1. The van der Waals surface area contributed by atoms with Gasteiger partial charge in [0.05, 0.1) is 6.20 Å². The third kappa shape index (κ3) is 7.76. The van der Waals surface area contributed by atoms with Crippen molar-refractivity contribution in [2.24, 2.45) is 12.0 Å². The first-order valence-electron chi connectivity index (χ1n) is 9.14. The summed E-state index contributed by atoms with van der Waals surface area (Å²) in [4.78, 5) is 4.75. The van der Waals surface area contributed by atoms with Crippen molar-refractivity contribution < 1.29 is 0 Å². The lowest BCUT2D eigenvalue weighted by molar-refractivity contribution is 0.723. The number of hydrogen-bond acceptors (Lipinski definition) is 2. The molecule has 0 amide bonds. The van der Waals surface area contributed by atoms with Crippen LogP contribution in [0.1, 0.15) is 42.9 Å². The van der Waals surface area contributed by atoms with E-state index < -0.39 is 0 Å². The number of rotatable bonds is 8. The summed E-state index contributed by atoms with van der Waals surface area (Å²) in [6.45, 7) is 9.00. The van der Waals surface area contributed by atoms with Crippen LogP contribution in [0.4, 0.5) is 0 Å². The highest BCUT2D eigenvalue weighted by molar-refractivity contribution is 14.0. The van der Waals surface area contributed by atoms with Crippen LogP contribution < -0.4 is 10.6 Å². The highest BCUT2D eigenvalue weighted by Crippen LogP contribution is 2.16. The number of guanidine groups is 1. The van der Waals surface area contributed by atoms with E-state index in [4.69, 9.17) is 4.99 Å². The molecule has 0 aliphatic carbocycles. The molecule has 5 nitrogen and oxygen atoms in total. The Morgan fingerprint density at radius 3 is 2.77 bits per heavy atom. The zero-order valence-corrected chi connectivity index (χ0v) is 18.7. The molecule has 0 fully saturated rings. The normalized spacial score (nSPS) is 12.4. The molecule has 1 atom stereocenters. The van der Waals surface area contributed by atoms with E-state index in [1.54, 1.807) is 0 Å². The Morgan fingerprint density at radius 2 is 2.12 bits per heavy atom. The maximum absolute atomic E-state index is 4.75. The Labute approximate surface area is 174 Å². The lowest BCUT2D eigenvalue weighted by Gasteiger charge is -2.14. The fourth-order valence-electron chi connectivity index (χ4n) is 2.75. The third-order valence-corrected chi connectivity index (χ3v) is 4.17. The molecule has 2 N–H and O–H groups in total. The standard InChI is InChI=1S/C20H31N5.HI/c1-5-21-20(22-11-7-9-18-14-24-25(4)15-18)23-13-17(3)19-10-6-8-16(2)12-19;/h6,8,10,12,14-15,17H,5,7,9,11,13H2,1-4H3,(H2,21,22,23);1H. The Kier molecular flexibility index (Phi) is 10.3. The highest BCUT2D eigenvalue weighted by atomic mass is 127. The fraction of sp³-hybridized carbons (Fsp3) is 0.500. The number of nitrogens with one attached hydrogen (secondary N) is 2. The Hall–Kier alpha value is -1.57. The first kappa shape index (κ1) is 22.5. The van der Waals surface area contributed by atoms with Crippen molar-refractivity contribution in [1.82, 2.24) is 20.4 Å². The van der Waals surface area contributed by atoms with Crippen LogP contribution >= 0.6 is 24.0 Å². The molecule has 1 heterocycles. The first-order valence-corrected chi connectivity index (χ1v) is 9.14. The van der Waals surface area contributed by atoms with Crippen molar-refractivity contribution in [1.29, 1.82) is 0 Å². The molecule has 2 rings (SSSR count). The molecule has 0 spiro atoms. The SMILES string of the molecule is CCNC(=NCC(C)c1cccc(C)c1)NCCCc1cnn(C)c1.I. The maximum Gasteiger partial charge on any atom is 0.191 e. The summed E-state index contributed by atoms with van der Waals surface area (Å²) in [5.74, 6) is 1.30. The summed E-state index contributed by atoms with van der Waals surface area (Å²) in [5, 5.41) is 11.0. The van der Waals surface area contributed by atoms with E-state index in [9.17, 15) is 0 Å². The second-order valence-electron chi connectivity index (χ2n) is 6.59. The minimum Gasteiger partial charge on any atom is -0.357 e. The highest BCUT2D eigenvalue weighted by Gasteiger charge is 2.06. The number of halogens is 1. The summed E-state index contributed by atoms with van der Waals surface area (Å²) in [5.41, 5.74) is 3.92. The third-order valence-electron chi connectivity index (χ3n) is 4.17. The number of hydrogen-bond donors (Lipinski definition) is 2. The van der Waals surface area contributed by atoms with Gasteiger partial charge in [0.1, 0.15) is 0 Å². The van der Waals surface area contributed by atoms with Gasteiger partial charge >= 0.3 is 0 Å². The Morgan fingerprint density at radius 1 is 1.31 bits per heavy atom. The summed E-state index contributed by atoms with van der Waals surface area (Å²) in [6.07, 6.45) is 6.09. The molecule has 0 radical (unpaired) electrons. The average molecular weight is 469 g/mol. The summed E-state index contributed by atoms with van der Waals surface area (Å²) in [7, 11) is 1.95. The van der Waals surface area contributed by atoms with Gasteiger partial charge in [-0.15, -0.1) is 24.0 Å². The van der Waals surface area contributed by atoms with E-state index in [-0.39, 0.29) is 24.0 Å². The minimum atomic E-state index is 0. The summed E-state index contributed by atoms with van der Waals surface area (Å²) < 4.78 is 1.85. The van der Waals surface area contributed by atoms with Gasteiger partial charge in [0, 0.05) is 38.8 Å². The molecule has 6 heteroatoms. The fourth-order valence-corrected chi connectivity index (χ4v) is 2.75. The molecule has 0 bridgehead atoms. The maximum atomic E-state index is 4.75. The van der Waals surface area contributed by atoms with Crippen LogP contribution in [0, 0.1) is 6.92 Å². The molecule has 1 aromatic heterocycles. The Bertz CT molecular complexity index is 680. The van der Waals surface area contributed by atoms with Gasteiger partial charge in [-0.25, -0.2) is 0 Å². The molecule has 0 saturated heterocycles. The Balaban J connectivity index is 0.00000338. The molecule has 0 saturated carbocycles. The van der Waals surface area contributed by atoms with Gasteiger partial charge in [-0.2, -0.15) is 5.10 Å². The monoisotopic (exact) mass is 469 g/mol. The second-order valence-corrected chi connectivity index (χ2v) is 6.59. The van der Waals surface area contributed by atoms with E-state index in [0.29, 0.717) is 5.92 Å². The van der Waals surface area contributed by atoms with Crippen LogP contribution in [0.2, 0.25) is 0 Å². The van der Waals surface area contributed by atoms with E-state index in [1.807, 2.05) is 17.9 Å². The predicted molar refractivity (Wildman–Crippen MR) is 121 cm³/mol. The lowest BCUT2D eigenvalue weighted by atomic mass is 10.00. The number of nitrogens with zero attached hydrogens (tertiary/aromatic N) is 3. The molecule has 26 heavy (non-hydrogen) atoms. The van der Waals surface area contributed by atoms with Crippen LogP contribution in [0.15, 0.2) is 41.7 Å². The molecule has 0 aliphatic rings. The van der Waals surface area contributed by atoms with Crippen molar-refractivity contribution >= 4 is 29.9 Å². The molecule has 1 aromatic carbocycles. The van der Waals surface area contributed by atoms with E-state index in [1.165, 1.54) is 16.7 Å². The quantitative estimate of drug-likeness (QED) is 0.269. The molecular formula is C20H32IN5. The molecular weight excluding hydrogens is 437 g/mol. The largest absolute Gasteiger partial charge is 0.357 e. The number of aliphatic imine (C=N–C) groups is 1. The van der Waals surface area contributed by atoms with Crippen molar-refractivity contribution in [2.45, 2.75) is 39.5 Å². The molecule has 2 aromatic rings. The van der Waals surface area contributed by atoms with Gasteiger partial charge in [-0.1, -0.05) is 36.8 Å². The average Bonchev–Trinajstić information content (AvgIpc) is 3.01. The predicted octanol–water partition coefficient (Wildman–Crippen LogP) is 3.64. The number of aryl methyl sites for hydroxylation is 3. The summed E-state index contributed by atoms with van der Waals surface area (Å²) in [6, 6.07) is 8.68. The van der Waals surface area contributed by atoms with Crippen molar-refractivity contribution in [3.8, 4) is 0 Å².